The van der Waals surface area contributed by atoms with Gasteiger partial charge in [-0.1, -0.05) is 18.2 Å². The van der Waals surface area contributed by atoms with Crippen molar-refractivity contribution in [3.8, 4) is 0 Å². The largest absolute Gasteiger partial charge is 0.378 e. The average molecular weight is 361 g/mol. The molecule has 0 aliphatic carbocycles. The quantitative estimate of drug-likeness (QED) is 0.633. The van der Waals surface area contributed by atoms with Gasteiger partial charge in [-0.25, -0.2) is 0 Å². The summed E-state index contributed by atoms with van der Waals surface area (Å²) in [5, 5.41) is 11.3. The van der Waals surface area contributed by atoms with Crippen LogP contribution < -0.4 is 10.2 Å². The van der Waals surface area contributed by atoms with E-state index in [0.29, 0.717) is 45.2 Å². The number of hydrogen-bond donors (Lipinski definition) is 2. The topological polar surface area (TPSA) is 54.8 Å². The van der Waals surface area contributed by atoms with Crippen molar-refractivity contribution in [3.05, 3.63) is 41.5 Å². The van der Waals surface area contributed by atoms with E-state index in [0.717, 1.165) is 13.1 Å². The Morgan fingerprint density at radius 1 is 1.04 bits per heavy atom. The summed E-state index contributed by atoms with van der Waals surface area (Å²) in [6, 6.07) is 8.30. The Bertz CT molecular complexity index is 664. The molecule has 26 heavy (non-hydrogen) atoms. The van der Waals surface area contributed by atoms with E-state index in [9.17, 15) is 4.39 Å². The molecule has 3 rings (SSSR count). The van der Waals surface area contributed by atoms with E-state index < -0.39 is 5.83 Å². The lowest BCUT2D eigenvalue weighted by atomic mass is 10.1. The number of halogens is 1. The number of aryl methyl sites for hydroxylation is 1. The highest BCUT2D eigenvalue weighted by Gasteiger charge is 2.26. The third-order valence-electron chi connectivity index (χ3n) is 5.03. The number of amidine groups is 1. The molecule has 2 aliphatic rings. The summed E-state index contributed by atoms with van der Waals surface area (Å²) in [4.78, 5) is 6.04. The zero-order chi connectivity index (χ0) is 18.5. The van der Waals surface area contributed by atoms with E-state index in [-0.39, 0.29) is 5.84 Å². The van der Waals surface area contributed by atoms with E-state index in [4.69, 9.17) is 10.1 Å². The van der Waals surface area contributed by atoms with Crippen LogP contribution in [0.4, 0.5) is 10.1 Å². The molecule has 2 N–H and O–H groups in total. The molecule has 0 radical (unpaired) electrons. The predicted molar refractivity (Wildman–Crippen MR) is 102 cm³/mol. The summed E-state index contributed by atoms with van der Waals surface area (Å²) >= 11 is 0. The average Bonchev–Trinajstić information content (AvgIpc) is 2.69. The monoisotopic (exact) mass is 361 g/mol. The van der Waals surface area contributed by atoms with Crippen LogP contribution in [0.5, 0.6) is 0 Å². The van der Waals surface area contributed by atoms with Crippen LogP contribution in [0.25, 0.3) is 0 Å². The Hall–Kier alpha value is -2.28. The first-order valence-electron chi connectivity index (χ1n) is 9.16. The first kappa shape index (κ1) is 18.5. The van der Waals surface area contributed by atoms with Gasteiger partial charge in [-0.05, 0) is 18.6 Å². The number of anilines is 1. The van der Waals surface area contributed by atoms with Gasteiger partial charge in [0.1, 0.15) is 5.82 Å². The Morgan fingerprint density at radius 2 is 1.69 bits per heavy atom. The third-order valence-corrected chi connectivity index (χ3v) is 5.03. The maximum Gasteiger partial charge on any atom is 0.204 e. The minimum atomic E-state index is -0.487. The van der Waals surface area contributed by atoms with Gasteiger partial charge in [0.15, 0.2) is 5.84 Å². The summed E-state index contributed by atoms with van der Waals surface area (Å²) < 4.78 is 20.3. The fraction of sp³-hybridized carbons (Fsp3) is 0.526. The Morgan fingerprint density at radius 3 is 2.31 bits per heavy atom. The van der Waals surface area contributed by atoms with Crippen LogP contribution in [0.3, 0.4) is 0 Å². The van der Waals surface area contributed by atoms with Crippen molar-refractivity contribution >= 4 is 11.5 Å². The van der Waals surface area contributed by atoms with Crippen LogP contribution in [0.15, 0.2) is 35.9 Å². The number of nitrogens with one attached hydrogen (secondary N) is 2. The van der Waals surface area contributed by atoms with Crippen LogP contribution in [-0.2, 0) is 4.74 Å². The molecule has 0 bridgehead atoms. The van der Waals surface area contributed by atoms with Crippen LogP contribution in [0, 0.1) is 12.3 Å². The van der Waals surface area contributed by atoms with Gasteiger partial charge in [-0.15, -0.1) is 0 Å². The molecule has 2 aliphatic heterocycles. The van der Waals surface area contributed by atoms with Crippen molar-refractivity contribution in [2.45, 2.75) is 6.92 Å². The van der Waals surface area contributed by atoms with E-state index in [1.54, 1.807) is 7.05 Å². The molecule has 2 heterocycles. The number of benzene rings is 1. The molecule has 0 aromatic heterocycles. The molecular weight excluding hydrogens is 333 g/mol. The summed E-state index contributed by atoms with van der Waals surface area (Å²) in [5.41, 5.74) is 2.46. The first-order valence-corrected chi connectivity index (χ1v) is 9.16. The Labute approximate surface area is 154 Å². The zero-order valence-electron chi connectivity index (χ0n) is 15.6. The minimum absolute atomic E-state index is 0.0368. The Balaban J connectivity index is 1.65. The fourth-order valence-electron chi connectivity index (χ4n) is 3.53. The maximum atomic E-state index is 15.0. The molecule has 0 saturated carbocycles. The van der Waals surface area contributed by atoms with Crippen molar-refractivity contribution in [1.29, 1.82) is 5.41 Å². The highest BCUT2D eigenvalue weighted by molar-refractivity contribution is 5.94. The highest BCUT2D eigenvalue weighted by atomic mass is 19.1. The number of morpholine rings is 1. The Kier molecular flexibility index (Phi) is 5.98. The SMILES string of the molecule is CN/C(=C(/F)C(=N)N1CCN(c2ccccc2C)CC1)N1CCOCC1. The minimum Gasteiger partial charge on any atom is -0.378 e. The van der Waals surface area contributed by atoms with Gasteiger partial charge >= 0.3 is 0 Å². The number of piperazine rings is 1. The van der Waals surface area contributed by atoms with Crippen molar-refractivity contribution < 1.29 is 9.13 Å². The molecular formula is C19H28FN5O. The van der Waals surface area contributed by atoms with E-state index in [1.165, 1.54) is 11.3 Å². The lowest BCUT2D eigenvalue weighted by Gasteiger charge is -2.38. The number of hydrogen-bond acceptors (Lipinski definition) is 5. The summed E-state index contributed by atoms with van der Waals surface area (Å²) in [5.74, 6) is -0.136. The van der Waals surface area contributed by atoms with E-state index in [2.05, 4.69) is 29.3 Å². The summed E-state index contributed by atoms with van der Waals surface area (Å²) in [6.07, 6.45) is 0. The van der Waals surface area contributed by atoms with Crippen molar-refractivity contribution in [3.63, 3.8) is 0 Å². The number of rotatable bonds is 4. The normalized spacial score (nSPS) is 19.3. The zero-order valence-corrected chi connectivity index (χ0v) is 15.6. The molecule has 7 heteroatoms. The third kappa shape index (κ3) is 3.93. The molecule has 2 fully saturated rings. The molecule has 0 spiro atoms. The molecule has 0 atom stereocenters. The van der Waals surface area contributed by atoms with Crippen molar-refractivity contribution in [1.82, 2.24) is 15.1 Å². The number of ether oxygens (including phenoxy) is 1. The van der Waals surface area contributed by atoms with Gasteiger partial charge in [-0.2, -0.15) is 4.39 Å². The predicted octanol–water partition coefficient (Wildman–Crippen LogP) is 1.78. The molecule has 1 aromatic carbocycles. The summed E-state index contributed by atoms with van der Waals surface area (Å²) in [6.45, 7) is 7.40. The maximum absolute atomic E-state index is 15.0. The molecule has 0 unspecified atom stereocenters. The van der Waals surface area contributed by atoms with Crippen LogP contribution >= 0.6 is 0 Å². The molecule has 142 valence electrons. The fourth-order valence-corrected chi connectivity index (χ4v) is 3.53. The lowest BCUT2D eigenvalue weighted by molar-refractivity contribution is 0.0496. The van der Waals surface area contributed by atoms with Crippen LogP contribution in [-0.4, -0.2) is 75.2 Å². The smallest absolute Gasteiger partial charge is 0.204 e. The van der Waals surface area contributed by atoms with Gasteiger partial charge in [0.05, 0.1) is 13.2 Å². The lowest BCUT2D eigenvalue weighted by Crippen LogP contribution is -2.49. The van der Waals surface area contributed by atoms with Crippen molar-refractivity contribution in [2.24, 2.45) is 0 Å². The summed E-state index contributed by atoms with van der Waals surface area (Å²) in [7, 11) is 1.70. The van der Waals surface area contributed by atoms with E-state index >= 15 is 0 Å². The van der Waals surface area contributed by atoms with Gasteiger partial charge < -0.3 is 24.8 Å². The highest BCUT2D eigenvalue weighted by Crippen LogP contribution is 2.22. The van der Waals surface area contributed by atoms with Gasteiger partial charge in [-0.3, -0.25) is 5.41 Å². The van der Waals surface area contributed by atoms with Crippen LogP contribution in [0.2, 0.25) is 0 Å². The molecule has 0 amide bonds. The van der Waals surface area contributed by atoms with Gasteiger partial charge in [0.2, 0.25) is 5.83 Å². The second kappa shape index (κ2) is 8.40. The van der Waals surface area contributed by atoms with Gasteiger partial charge in [0.25, 0.3) is 0 Å². The molecule has 1 aromatic rings. The first-order chi connectivity index (χ1) is 12.6. The molecule has 2 saturated heterocycles. The second-order valence-corrected chi connectivity index (χ2v) is 6.62. The van der Waals surface area contributed by atoms with Crippen LogP contribution in [0.1, 0.15) is 5.56 Å². The van der Waals surface area contributed by atoms with E-state index in [1.807, 2.05) is 21.9 Å². The van der Waals surface area contributed by atoms with Crippen molar-refractivity contribution in [2.75, 3.05) is 64.4 Å². The van der Waals surface area contributed by atoms with Gasteiger partial charge in [0, 0.05) is 52.0 Å². The molecule has 6 nitrogen and oxygen atoms in total. The standard InChI is InChI=1S/C19H28FN5O/c1-15-5-3-4-6-16(15)23-7-9-24(10-8-23)18(21)17(20)19(22-2)25-11-13-26-14-12-25/h3-6,21-22H,7-14H2,1-2H3/b19-17-,21-18?. The number of nitrogens with zero attached hydrogens (tertiary/aromatic N) is 3. The second-order valence-electron chi connectivity index (χ2n) is 6.62. The number of para-hydroxylation sites is 1.